The van der Waals surface area contributed by atoms with Crippen molar-refractivity contribution in [2.45, 2.75) is 0 Å². The average molecular weight is 363 g/mol. The van der Waals surface area contributed by atoms with Crippen LogP contribution < -0.4 is 4.74 Å². The van der Waals surface area contributed by atoms with Crippen LogP contribution in [0.25, 0.3) is 0 Å². The highest BCUT2D eigenvalue weighted by Gasteiger charge is 2.17. The Labute approximate surface area is 127 Å². The molecule has 2 rings (SSSR count). The van der Waals surface area contributed by atoms with Crippen molar-refractivity contribution < 1.29 is 9.66 Å². The number of nitro benzene ring substituents is 1. The lowest BCUT2D eigenvalue weighted by Crippen LogP contribution is -1.93. The molecule has 0 heterocycles. The molecule has 0 saturated carbocycles. The minimum atomic E-state index is -0.544. The summed E-state index contributed by atoms with van der Waals surface area (Å²) >= 11 is 15.1. The Bertz CT molecular complexity index is 649. The number of hydrogen-bond donors (Lipinski definition) is 0. The van der Waals surface area contributed by atoms with E-state index in [9.17, 15) is 10.1 Å². The van der Waals surface area contributed by atoms with Crippen LogP contribution in [0.2, 0.25) is 10.0 Å². The minimum Gasteiger partial charge on any atom is -0.448 e. The predicted octanol–water partition coefficient (Wildman–Crippen LogP) is 5.46. The third kappa shape index (κ3) is 3.37. The molecule has 98 valence electrons. The molecule has 0 radical (unpaired) electrons. The maximum absolute atomic E-state index is 10.9. The van der Waals surface area contributed by atoms with Crippen LogP contribution in [0.5, 0.6) is 11.5 Å². The van der Waals surface area contributed by atoms with Crippen molar-refractivity contribution in [2.24, 2.45) is 0 Å². The summed E-state index contributed by atoms with van der Waals surface area (Å²) in [5, 5.41) is 11.6. The Hall–Kier alpha value is -1.30. The van der Waals surface area contributed by atoms with Gasteiger partial charge in [0.05, 0.1) is 9.95 Å². The molecule has 0 bridgehead atoms. The minimum absolute atomic E-state index is 0.0394. The van der Waals surface area contributed by atoms with Crippen molar-refractivity contribution in [3.8, 4) is 11.5 Å². The van der Waals surface area contributed by atoms with Crippen molar-refractivity contribution in [2.75, 3.05) is 0 Å². The molecule has 0 unspecified atom stereocenters. The normalized spacial score (nSPS) is 10.3. The SMILES string of the molecule is O=[N+]([O-])c1ccc(Cl)cc1Oc1cc(Br)ccc1Cl. The van der Waals surface area contributed by atoms with Gasteiger partial charge in [-0.25, -0.2) is 0 Å². The van der Waals surface area contributed by atoms with E-state index in [0.717, 1.165) is 4.47 Å². The van der Waals surface area contributed by atoms with E-state index in [1.54, 1.807) is 18.2 Å². The zero-order valence-electron chi connectivity index (χ0n) is 9.27. The molecule has 0 spiro atoms. The van der Waals surface area contributed by atoms with Crippen molar-refractivity contribution >= 4 is 44.8 Å². The summed E-state index contributed by atoms with van der Waals surface area (Å²) in [6, 6.07) is 9.06. The number of nitro groups is 1. The van der Waals surface area contributed by atoms with Crippen LogP contribution in [0, 0.1) is 10.1 Å². The predicted molar refractivity (Wildman–Crippen MR) is 77.3 cm³/mol. The molecular weight excluding hydrogens is 357 g/mol. The molecule has 0 aliphatic carbocycles. The van der Waals surface area contributed by atoms with Gasteiger partial charge in [-0.15, -0.1) is 0 Å². The highest BCUT2D eigenvalue weighted by atomic mass is 79.9. The fraction of sp³-hybridized carbons (Fsp3) is 0. The topological polar surface area (TPSA) is 52.4 Å². The first-order valence-corrected chi connectivity index (χ1v) is 6.59. The van der Waals surface area contributed by atoms with E-state index in [4.69, 9.17) is 27.9 Å². The van der Waals surface area contributed by atoms with Gasteiger partial charge in [0.25, 0.3) is 0 Å². The third-order valence-corrected chi connectivity index (χ3v) is 3.27. The molecule has 2 aromatic carbocycles. The van der Waals surface area contributed by atoms with Gasteiger partial charge in [-0.2, -0.15) is 0 Å². The molecule has 0 aromatic heterocycles. The zero-order chi connectivity index (χ0) is 14.0. The summed E-state index contributed by atoms with van der Waals surface area (Å²) < 4.78 is 6.22. The second-order valence-electron chi connectivity index (χ2n) is 3.55. The molecular formula is C12H6BrCl2NO3. The molecule has 0 saturated heterocycles. The van der Waals surface area contributed by atoms with Crippen LogP contribution in [-0.2, 0) is 0 Å². The lowest BCUT2D eigenvalue weighted by atomic mass is 10.3. The Kier molecular flexibility index (Phi) is 4.29. The van der Waals surface area contributed by atoms with Crippen molar-refractivity contribution in [1.29, 1.82) is 0 Å². The van der Waals surface area contributed by atoms with Crippen molar-refractivity contribution in [3.63, 3.8) is 0 Å². The molecule has 2 aromatic rings. The number of ether oxygens (including phenoxy) is 1. The smallest absolute Gasteiger partial charge is 0.311 e. The first kappa shape index (κ1) is 14.1. The van der Waals surface area contributed by atoms with E-state index in [1.807, 2.05) is 0 Å². The molecule has 0 atom stereocenters. The standard InChI is InChI=1S/C12H6BrCl2NO3/c13-7-1-3-9(15)11(5-7)19-12-6-8(14)2-4-10(12)16(17)18/h1-6H. The Balaban J connectivity index is 2.45. The van der Waals surface area contributed by atoms with Gasteiger partial charge in [-0.05, 0) is 24.3 Å². The van der Waals surface area contributed by atoms with Crippen LogP contribution in [0.1, 0.15) is 0 Å². The summed E-state index contributed by atoms with van der Waals surface area (Å²) in [7, 11) is 0. The number of nitrogens with zero attached hydrogens (tertiary/aromatic N) is 1. The molecule has 0 aliphatic heterocycles. The summed E-state index contributed by atoms with van der Waals surface area (Å²) in [5.41, 5.74) is -0.180. The number of benzene rings is 2. The fourth-order valence-corrected chi connectivity index (χ4v) is 2.05. The van der Waals surface area contributed by atoms with Crippen LogP contribution in [0.3, 0.4) is 0 Å². The van der Waals surface area contributed by atoms with E-state index in [0.29, 0.717) is 15.8 Å². The largest absolute Gasteiger partial charge is 0.448 e. The van der Waals surface area contributed by atoms with E-state index < -0.39 is 4.92 Å². The molecule has 4 nitrogen and oxygen atoms in total. The van der Waals surface area contributed by atoms with E-state index in [1.165, 1.54) is 18.2 Å². The van der Waals surface area contributed by atoms with Gasteiger partial charge in [0, 0.05) is 21.6 Å². The fourth-order valence-electron chi connectivity index (χ4n) is 1.39. The molecule has 0 amide bonds. The first-order valence-electron chi connectivity index (χ1n) is 5.04. The maximum Gasteiger partial charge on any atom is 0.311 e. The highest BCUT2D eigenvalue weighted by Crippen LogP contribution is 2.37. The van der Waals surface area contributed by atoms with Crippen molar-refractivity contribution in [3.05, 3.63) is 61.0 Å². The number of rotatable bonds is 3. The van der Waals surface area contributed by atoms with Gasteiger partial charge >= 0.3 is 5.69 Å². The van der Waals surface area contributed by atoms with Gasteiger partial charge < -0.3 is 4.74 Å². The molecule has 7 heteroatoms. The summed E-state index contributed by atoms with van der Waals surface area (Å²) in [6.07, 6.45) is 0. The van der Waals surface area contributed by atoms with Gasteiger partial charge in [-0.1, -0.05) is 39.1 Å². The molecule has 0 N–H and O–H groups in total. The maximum atomic E-state index is 10.9. The lowest BCUT2D eigenvalue weighted by molar-refractivity contribution is -0.385. The van der Waals surface area contributed by atoms with Crippen LogP contribution in [0.4, 0.5) is 5.69 Å². The zero-order valence-corrected chi connectivity index (χ0v) is 12.4. The van der Waals surface area contributed by atoms with E-state index >= 15 is 0 Å². The molecule has 0 fully saturated rings. The average Bonchev–Trinajstić information content (AvgIpc) is 2.33. The summed E-state index contributed by atoms with van der Waals surface area (Å²) in [6.45, 7) is 0. The van der Waals surface area contributed by atoms with E-state index in [-0.39, 0.29) is 11.4 Å². The Morgan fingerprint density at radius 1 is 1.11 bits per heavy atom. The monoisotopic (exact) mass is 361 g/mol. The van der Waals surface area contributed by atoms with Gasteiger partial charge in [0.15, 0.2) is 0 Å². The van der Waals surface area contributed by atoms with Gasteiger partial charge in [0.2, 0.25) is 5.75 Å². The Morgan fingerprint density at radius 3 is 2.53 bits per heavy atom. The lowest BCUT2D eigenvalue weighted by Gasteiger charge is -2.08. The highest BCUT2D eigenvalue weighted by molar-refractivity contribution is 9.10. The van der Waals surface area contributed by atoms with Gasteiger partial charge in [-0.3, -0.25) is 10.1 Å². The third-order valence-electron chi connectivity index (χ3n) is 2.23. The second-order valence-corrected chi connectivity index (χ2v) is 5.31. The summed E-state index contributed by atoms with van der Waals surface area (Å²) in [5.74, 6) is 0.346. The summed E-state index contributed by atoms with van der Waals surface area (Å²) in [4.78, 5) is 10.4. The number of hydrogen-bond acceptors (Lipinski definition) is 3. The molecule has 0 aliphatic rings. The van der Waals surface area contributed by atoms with Crippen LogP contribution >= 0.6 is 39.1 Å². The second kappa shape index (κ2) is 5.77. The Morgan fingerprint density at radius 2 is 1.84 bits per heavy atom. The van der Waals surface area contributed by atoms with Crippen LogP contribution in [0.15, 0.2) is 40.9 Å². The van der Waals surface area contributed by atoms with E-state index in [2.05, 4.69) is 15.9 Å². The van der Waals surface area contributed by atoms with Gasteiger partial charge in [0.1, 0.15) is 5.75 Å². The number of halogens is 3. The quantitative estimate of drug-likeness (QED) is 0.538. The van der Waals surface area contributed by atoms with Crippen molar-refractivity contribution in [1.82, 2.24) is 0 Å². The first-order chi connectivity index (χ1) is 8.97. The molecule has 19 heavy (non-hydrogen) atoms. The van der Waals surface area contributed by atoms with Crippen LogP contribution in [-0.4, -0.2) is 4.92 Å².